The van der Waals surface area contributed by atoms with Crippen LogP contribution in [0.3, 0.4) is 0 Å². The molecule has 0 aliphatic rings. The second-order valence-corrected chi connectivity index (χ2v) is 3.31. The minimum Gasteiger partial charge on any atom is -0.374 e. The van der Waals surface area contributed by atoms with Gasteiger partial charge in [0.05, 0.1) is 0 Å². The Morgan fingerprint density at radius 3 is 2.50 bits per heavy atom. The summed E-state index contributed by atoms with van der Waals surface area (Å²) in [6.45, 7) is 12.5. The van der Waals surface area contributed by atoms with Gasteiger partial charge in [0.1, 0.15) is 0 Å². The minimum atomic E-state index is 0.960. The Balaban J connectivity index is 3.83. The Morgan fingerprint density at radius 1 is 1.36 bits per heavy atom. The zero-order chi connectivity index (χ0) is 11.0. The molecule has 0 aliphatic heterocycles. The predicted octanol–water partition coefficient (Wildman–Crippen LogP) is 1.60. The van der Waals surface area contributed by atoms with Gasteiger partial charge in [-0.15, -0.1) is 0 Å². The molecule has 0 bridgehead atoms. The monoisotopic (exact) mass is 195 g/mol. The molecule has 0 N–H and O–H groups in total. The van der Waals surface area contributed by atoms with E-state index in [0.717, 1.165) is 25.3 Å². The third kappa shape index (κ3) is 5.54. The molecule has 0 aromatic rings. The van der Waals surface area contributed by atoms with E-state index in [-0.39, 0.29) is 0 Å². The molecule has 0 aromatic heterocycles. The average Bonchev–Trinajstić information content (AvgIpc) is 2.21. The van der Waals surface area contributed by atoms with Crippen molar-refractivity contribution in [2.45, 2.75) is 6.92 Å². The lowest BCUT2D eigenvalue weighted by atomic mass is 10.4. The highest BCUT2D eigenvalue weighted by Crippen LogP contribution is 1.99. The van der Waals surface area contributed by atoms with E-state index in [0.29, 0.717) is 0 Å². The smallest absolute Gasteiger partial charge is 0.0306 e. The van der Waals surface area contributed by atoms with Crippen LogP contribution in [0.5, 0.6) is 0 Å². The van der Waals surface area contributed by atoms with E-state index in [4.69, 9.17) is 0 Å². The van der Waals surface area contributed by atoms with Crippen molar-refractivity contribution < 1.29 is 0 Å². The Kier molecular flexibility index (Phi) is 6.76. The number of aliphatic imine (C=N–C) groups is 1. The fourth-order valence-corrected chi connectivity index (χ4v) is 0.888. The van der Waals surface area contributed by atoms with Crippen molar-refractivity contribution in [3.63, 3.8) is 0 Å². The summed E-state index contributed by atoms with van der Waals surface area (Å²) in [7, 11) is 4.14. The van der Waals surface area contributed by atoms with Crippen LogP contribution < -0.4 is 0 Å². The molecule has 3 nitrogen and oxygen atoms in total. The molecule has 0 fully saturated rings. The summed E-state index contributed by atoms with van der Waals surface area (Å²) in [5.41, 5.74) is 0.960. The number of likely N-dealkylation sites (N-methyl/N-ethyl adjacent to an activating group) is 2. The highest BCUT2D eigenvalue weighted by molar-refractivity contribution is 5.27. The lowest BCUT2D eigenvalue weighted by Gasteiger charge is -2.22. The molecular formula is C11H21N3. The lowest BCUT2D eigenvalue weighted by Crippen LogP contribution is -2.29. The van der Waals surface area contributed by atoms with E-state index in [1.807, 2.05) is 13.1 Å². The third-order valence-electron chi connectivity index (χ3n) is 2.22. The van der Waals surface area contributed by atoms with E-state index >= 15 is 0 Å². The molecule has 0 saturated carbocycles. The maximum Gasteiger partial charge on any atom is 0.0306 e. The van der Waals surface area contributed by atoms with Gasteiger partial charge in [0.25, 0.3) is 0 Å². The molecular weight excluding hydrogens is 174 g/mol. The van der Waals surface area contributed by atoms with Gasteiger partial charge in [-0.1, -0.05) is 13.5 Å². The first-order valence-electron chi connectivity index (χ1n) is 4.82. The van der Waals surface area contributed by atoms with Crippen LogP contribution in [0.15, 0.2) is 29.5 Å². The molecule has 14 heavy (non-hydrogen) atoms. The Bertz CT molecular complexity index is 209. The first-order valence-corrected chi connectivity index (χ1v) is 4.82. The summed E-state index contributed by atoms with van der Waals surface area (Å²) >= 11 is 0. The molecule has 0 saturated heterocycles. The fourth-order valence-electron chi connectivity index (χ4n) is 0.888. The van der Waals surface area contributed by atoms with Gasteiger partial charge in [-0.3, -0.25) is 4.99 Å². The van der Waals surface area contributed by atoms with Crippen molar-refractivity contribution in [1.29, 1.82) is 0 Å². The number of allylic oxidation sites excluding steroid dienone is 1. The quantitative estimate of drug-likeness (QED) is 0.454. The largest absolute Gasteiger partial charge is 0.374 e. The van der Waals surface area contributed by atoms with Gasteiger partial charge in [0.15, 0.2) is 0 Å². The van der Waals surface area contributed by atoms with Gasteiger partial charge in [-0.25, -0.2) is 0 Å². The van der Waals surface area contributed by atoms with E-state index in [2.05, 4.69) is 42.1 Å². The van der Waals surface area contributed by atoms with E-state index in [1.54, 1.807) is 6.20 Å². The van der Waals surface area contributed by atoms with Crippen LogP contribution in [-0.2, 0) is 0 Å². The van der Waals surface area contributed by atoms with Crippen molar-refractivity contribution in [3.8, 4) is 0 Å². The molecule has 0 heterocycles. The second kappa shape index (κ2) is 7.33. The summed E-state index contributed by atoms with van der Waals surface area (Å²) in [6, 6.07) is 0. The zero-order valence-electron chi connectivity index (χ0n) is 9.53. The summed E-state index contributed by atoms with van der Waals surface area (Å²) in [4.78, 5) is 8.01. The Labute approximate surface area is 87.4 Å². The fraction of sp³-hybridized carbons (Fsp3) is 0.545. The molecule has 0 unspecified atom stereocenters. The topological polar surface area (TPSA) is 18.8 Å². The molecule has 0 amide bonds. The molecule has 0 atom stereocenters. The predicted molar refractivity (Wildman–Crippen MR) is 63.6 cm³/mol. The number of hydrogen-bond donors (Lipinski definition) is 0. The average molecular weight is 195 g/mol. The second-order valence-electron chi connectivity index (χ2n) is 3.31. The van der Waals surface area contributed by atoms with Crippen molar-refractivity contribution in [3.05, 3.63) is 24.6 Å². The van der Waals surface area contributed by atoms with Crippen LogP contribution in [0, 0.1) is 0 Å². The number of nitrogens with zero attached hydrogens (tertiary/aromatic N) is 3. The highest BCUT2D eigenvalue weighted by atomic mass is 15.2. The van der Waals surface area contributed by atoms with Crippen LogP contribution in [0.4, 0.5) is 0 Å². The zero-order valence-corrected chi connectivity index (χ0v) is 9.53. The lowest BCUT2D eigenvalue weighted by molar-refractivity contribution is 0.300. The number of rotatable bonds is 7. The number of hydrogen-bond acceptors (Lipinski definition) is 3. The van der Waals surface area contributed by atoms with Crippen molar-refractivity contribution in [2.24, 2.45) is 4.99 Å². The summed E-state index contributed by atoms with van der Waals surface area (Å²) in [6.07, 6.45) is 3.52. The van der Waals surface area contributed by atoms with Crippen LogP contribution in [0.25, 0.3) is 0 Å². The van der Waals surface area contributed by atoms with Gasteiger partial charge in [-0.2, -0.15) is 0 Å². The van der Waals surface area contributed by atoms with Gasteiger partial charge in [0, 0.05) is 32.0 Å². The SMILES string of the molecule is C=N/C=C\C(=C)N(C)CCN(C)CC. The molecule has 0 aromatic carbocycles. The Morgan fingerprint density at radius 2 is 2.00 bits per heavy atom. The van der Waals surface area contributed by atoms with E-state index in [9.17, 15) is 0 Å². The molecule has 0 radical (unpaired) electrons. The molecule has 80 valence electrons. The van der Waals surface area contributed by atoms with Crippen LogP contribution in [0.1, 0.15) is 6.92 Å². The van der Waals surface area contributed by atoms with Crippen LogP contribution in [0.2, 0.25) is 0 Å². The third-order valence-corrected chi connectivity index (χ3v) is 2.22. The molecule has 0 spiro atoms. The van der Waals surface area contributed by atoms with Gasteiger partial charge < -0.3 is 9.80 Å². The van der Waals surface area contributed by atoms with E-state index in [1.165, 1.54) is 0 Å². The van der Waals surface area contributed by atoms with E-state index < -0.39 is 0 Å². The van der Waals surface area contributed by atoms with Crippen molar-refractivity contribution in [1.82, 2.24) is 9.80 Å². The van der Waals surface area contributed by atoms with Crippen molar-refractivity contribution >= 4 is 6.72 Å². The summed E-state index contributed by atoms with van der Waals surface area (Å²) in [5.74, 6) is 0. The van der Waals surface area contributed by atoms with Gasteiger partial charge in [0.2, 0.25) is 0 Å². The summed E-state index contributed by atoms with van der Waals surface area (Å²) < 4.78 is 0. The Hall–Kier alpha value is -1.09. The van der Waals surface area contributed by atoms with Gasteiger partial charge in [-0.05, 0) is 26.4 Å². The van der Waals surface area contributed by atoms with Crippen molar-refractivity contribution in [2.75, 3.05) is 33.7 Å². The van der Waals surface area contributed by atoms with Crippen LogP contribution >= 0.6 is 0 Å². The molecule has 3 heteroatoms. The molecule has 0 aliphatic carbocycles. The highest BCUT2D eigenvalue weighted by Gasteiger charge is 2.00. The first kappa shape index (κ1) is 12.9. The first-order chi connectivity index (χ1) is 6.61. The standard InChI is InChI=1S/C11H21N3/c1-6-13(4)9-10-14(5)11(2)7-8-12-3/h7-8H,2-3,6,9-10H2,1,4-5H3/b8-7-. The maximum absolute atomic E-state index is 3.93. The maximum atomic E-state index is 3.93. The summed E-state index contributed by atoms with van der Waals surface area (Å²) in [5, 5.41) is 0. The van der Waals surface area contributed by atoms with Gasteiger partial charge >= 0.3 is 0 Å². The minimum absolute atomic E-state index is 0.960. The van der Waals surface area contributed by atoms with Crippen LogP contribution in [-0.4, -0.2) is 50.2 Å². The molecule has 0 rings (SSSR count). The normalized spacial score (nSPS) is 10.9.